The molecule has 20 heavy (non-hydrogen) atoms. The molecule has 1 saturated carbocycles. The first kappa shape index (κ1) is 13.2. The minimum Gasteiger partial charge on any atom is -0.329 e. The Morgan fingerprint density at radius 3 is 2.65 bits per heavy atom. The number of aromatic nitrogens is 4. The number of hydrogen-bond acceptors (Lipinski definition) is 4. The molecule has 1 fully saturated rings. The lowest BCUT2D eigenvalue weighted by molar-refractivity contribution is 0.617. The lowest BCUT2D eigenvalue weighted by Gasteiger charge is -2.10. The van der Waals surface area contributed by atoms with Crippen molar-refractivity contribution in [3.8, 4) is 0 Å². The predicted molar refractivity (Wildman–Crippen MR) is 78.6 cm³/mol. The molecule has 0 aliphatic heterocycles. The maximum absolute atomic E-state index is 12.0. The van der Waals surface area contributed by atoms with Crippen molar-refractivity contribution in [2.45, 2.75) is 39.2 Å². The topological polar surface area (TPSA) is 83.5 Å². The Morgan fingerprint density at radius 2 is 2.05 bits per heavy atom. The van der Waals surface area contributed by atoms with Crippen LogP contribution in [0.3, 0.4) is 0 Å². The van der Waals surface area contributed by atoms with Crippen LogP contribution in [0.5, 0.6) is 0 Å². The van der Waals surface area contributed by atoms with Crippen LogP contribution in [0.4, 0.5) is 0 Å². The van der Waals surface area contributed by atoms with Crippen molar-refractivity contribution in [3.05, 3.63) is 31.3 Å². The van der Waals surface area contributed by atoms with Crippen molar-refractivity contribution in [2.75, 3.05) is 0 Å². The van der Waals surface area contributed by atoms with Crippen LogP contribution < -0.4 is 11.2 Å². The largest absolute Gasteiger partial charge is 0.330 e. The van der Waals surface area contributed by atoms with E-state index in [9.17, 15) is 9.59 Å². The Hall–Kier alpha value is -1.76. The van der Waals surface area contributed by atoms with E-state index < -0.39 is 5.56 Å². The van der Waals surface area contributed by atoms with Gasteiger partial charge < -0.3 is 4.98 Å². The summed E-state index contributed by atoms with van der Waals surface area (Å²) in [5.74, 6) is 1.13. The summed E-state index contributed by atoms with van der Waals surface area (Å²) in [6.45, 7) is 4.16. The van der Waals surface area contributed by atoms with Crippen LogP contribution >= 0.6 is 12.2 Å². The van der Waals surface area contributed by atoms with Crippen LogP contribution in [-0.2, 0) is 6.42 Å². The van der Waals surface area contributed by atoms with Crippen molar-refractivity contribution < 1.29 is 0 Å². The van der Waals surface area contributed by atoms with Gasteiger partial charge in [0.15, 0.2) is 0 Å². The molecule has 6 nitrogen and oxygen atoms in total. The molecule has 1 aliphatic rings. The summed E-state index contributed by atoms with van der Waals surface area (Å²) in [5.41, 5.74) is -0.332. The van der Waals surface area contributed by atoms with E-state index in [2.05, 4.69) is 28.8 Å². The van der Waals surface area contributed by atoms with Gasteiger partial charge in [-0.3, -0.25) is 14.3 Å². The summed E-state index contributed by atoms with van der Waals surface area (Å²) < 4.78 is 1.86. The van der Waals surface area contributed by atoms with E-state index in [1.807, 2.05) is 0 Å². The van der Waals surface area contributed by atoms with E-state index in [0.717, 1.165) is 25.1 Å². The molecular weight excluding hydrogens is 276 g/mol. The predicted octanol–water partition coefficient (Wildman–Crippen LogP) is 1.68. The van der Waals surface area contributed by atoms with E-state index in [4.69, 9.17) is 12.2 Å². The molecular formula is C13H16N4O2S. The number of nitrogens with zero attached hydrogens (tertiary/aromatic N) is 2. The molecule has 2 N–H and O–H groups in total. The van der Waals surface area contributed by atoms with Crippen LogP contribution in [0, 0.1) is 10.6 Å². The first-order valence-electron chi connectivity index (χ1n) is 6.75. The van der Waals surface area contributed by atoms with Crippen LogP contribution in [0.25, 0.3) is 11.0 Å². The minimum atomic E-state index is -0.466. The Labute approximate surface area is 119 Å². The second-order valence-corrected chi connectivity index (χ2v) is 6.06. The highest BCUT2D eigenvalue weighted by Gasteiger charge is 2.27. The van der Waals surface area contributed by atoms with Crippen LogP contribution in [0.15, 0.2) is 9.59 Å². The molecule has 0 spiro atoms. The summed E-state index contributed by atoms with van der Waals surface area (Å²) in [5, 5.41) is 0.305. The lowest BCUT2D eigenvalue weighted by atomic mass is 10.1. The first-order chi connectivity index (χ1) is 9.47. The third kappa shape index (κ3) is 2.22. The summed E-state index contributed by atoms with van der Waals surface area (Å²) in [4.78, 5) is 33.7. The zero-order valence-electron chi connectivity index (χ0n) is 11.4. The fourth-order valence-electron chi connectivity index (χ4n) is 2.38. The van der Waals surface area contributed by atoms with E-state index >= 15 is 0 Å². The second kappa shape index (κ2) is 4.66. The minimum absolute atomic E-state index is 0.154. The third-order valence-electron chi connectivity index (χ3n) is 3.37. The quantitative estimate of drug-likeness (QED) is 0.843. The molecule has 106 valence electrons. The standard InChI is InChI=1S/C13H16N4O2S/c1-6(2)5-8-14-10-9(12(20)15-8)11(18)16-13(19)17(10)7-3-4-7/h6-7H,3-5H2,1-2H3,(H,14,15,20)(H,16,18,19). The van der Waals surface area contributed by atoms with Crippen molar-refractivity contribution in [2.24, 2.45) is 5.92 Å². The highest BCUT2D eigenvalue weighted by molar-refractivity contribution is 7.71. The molecule has 0 unspecified atom stereocenters. The Bertz CT molecular complexity index is 842. The normalized spacial score (nSPS) is 15.2. The molecule has 2 aromatic heterocycles. The highest BCUT2D eigenvalue weighted by atomic mass is 32.1. The summed E-state index contributed by atoms with van der Waals surface area (Å²) in [6, 6.07) is 0.154. The van der Waals surface area contributed by atoms with Gasteiger partial charge in [0.1, 0.15) is 21.5 Å². The summed E-state index contributed by atoms with van der Waals surface area (Å²) in [7, 11) is 0. The van der Waals surface area contributed by atoms with E-state index in [0.29, 0.717) is 17.0 Å². The van der Waals surface area contributed by atoms with Crippen molar-refractivity contribution >= 4 is 23.3 Å². The molecule has 1 aliphatic carbocycles. The average molecular weight is 292 g/mol. The van der Waals surface area contributed by atoms with Crippen molar-refractivity contribution in [1.82, 2.24) is 19.5 Å². The number of aromatic amines is 2. The number of fused-ring (bicyclic) bond motifs is 1. The molecule has 2 aromatic rings. The molecule has 0 saturated heterocycles. The van der Waals surface area contributed by atoms with E-state index in [1.165, 1.54) is 0 Å². The smallest absolute Gasteiger partial charge is 0.329 e. The zero-order chi connectivity index (χ0) is 14.4. The number of H-pyrrole nitrogens is 2. The van der Waals surface area contributed by atoms with Gasteiger partial charge in [0.2, 0.25) is 0 Å². The van der Waals surface area contributed by atoms with Gasteiger partial charge in [-0.2, -0.15) is 0 Å². The monoisotopic (exact) mass is 292 g/mol. The lowest BCUT2D eigenvalue weighted by Crippen LogP contribution is -2.31. The Morgan fingerprint density at radius 1 is 1.35 bits per heavy atom. The highest BCUT2D eigenvalue weighted by Crippen LogP contribution is 2.34. The van der Waals surface area contributed by atoms with Gasteiger partial charge in [-0.25, -0.2) is 9.78 Å². The first-order valence-corrected chi connectivity index (χ1v) is 7.16. The summed E-state index contributed by atoms with van der Waals surface area (Å²) >= 11 is 5.22. The molecule has 0 atom stereocenters. The maximum atomic E-state index is 12.0. The van der Waals surface area contributed by atoms with Crippen LogP contribution in [-0.4, -0.2) is 19.5 Å². The zero-order valence-corrected chi connectivity index (χ0v) is 12.2. The fraction of sp³-hybridized carbons (Fsp3) is 0.538. The molecule has 0 bridgehead atoms. The van der Waals surface area contributed by atoms with E-state index in [1.54, 1.807) is 4.57 Å². The van der Waals surface area contributed by atoms with Crippen LogP contribution in [0.1, 0.15) is 38.6 Å². The van der Waals surface area contributed by atoms with Gasteiger partial charge in [-0.15, -0.1) is 0 Å². The second-order valence-electron chi connectivity index (χ2n) is 5.67. The van der Waals surface area contributed by atoms with E-state index in [-0.39, 0.29) is 16.4 Å². The maximum Gasteiger partial charge on any atom is 0.330 e. The molecule has 0 radical (unpaired) electrons. The molecule has 2 heterocycles. The van der Waals surface area contributed by atoms with Crippen molar-refractivity contribution in [1.29, 1.82) is 0 Å². The van der Waals surface area contributed by atoms with Gasteiger partial charge in [0.05, 0.1) is 0 Å². The number of hydrogen-bond donors (Lipinski definition) is 2. The van der Waals surface area contributed by atoms with Gasteiger partial charge >= 0.3 is 5.69 Å². The average Bonchev–Trinajstić information content (AvgIpc) is 3.10. The molecule has 0 aromatic carbocycles. The number of rotatable bonds is 3. The van der Waals surface area contributed by atoms with Gasteiger partial charge in [0.25, 0.3) is 5.56 Å². The Balaban J connectivity index is 2.37. The van der Waals surface area contributed by atoms with Gasteiger partial charge in [0, 0.05) is 12.5 Å². The van der Waals surface area contributed by atoms with Gasteiger partial charge in [-0.1, -0.05) is 26.1 Å². The van der Waals surface area contributed by atoms with Crippen molar-refractivity contribution in [3.63, 3.8) is 0 Å². The Kier molecular flexibility index (Phi) is 3.08. The summed E-state index contributed by atoms with van der Waals surface area (Å²) in [6.07, 6.45) is 2.62. The van der Waals surface area contributed by atoms with Gasteiger partial charge in [-0.05, 0) is 18.8 Å². The fourth-order valence-corrected chi connectivity index (χ4v) is 2.68. The molecule has 3 rings (SSSR count). The third-order valence-corrected chi connectivity index (χ3v) is 3.67. The molecule has 7 heteroatoms. The molecule has 0 amide bonds. The SMILES string of the molecule is CC(C)Cc1nc(=S)c2c(=O)[nH]c(=O)n(C3CC3)c2[nH]1. The van der Waals surface area contributed by atoms with Crippen LogP contribution in [0.2, 0.25) is 0 Å². The number of nitrogens with one attached hydrogen (secondary N) is 2.